The Bertz CT molecular complexity index is 1510. The summed E-state index contributed by atoms with van der Waals surface area (Å²) in [5, 5.41) is 11.3. The van der Waals surface area contributed by atoms with Gasteiger partial charge in [0.25, 0.3) is 0 Å². The zero-order valence-corrected chi connectivity index (χ0v) is 21.8. The van der Waals surface area contributed by atoms with Gasteiger partial charge in [-0.15, -0.1) is 0 Å². The lowest BCUT2D eigenvalue weighted by Crippen LogP contribution is -1.92. The molecule has 0 aromatic heterocycles. The molecule has 0 atom stereocenters. The van der Waals surface area contributed by atoms with Crippen LogP contribution in [0.1, 0.15) is 44.5 Å². The first-order valence-electron chi connectivity index (χ1n) is 12.3. The lowest BCUT2D eigenvalue weighted by Gasteiger charge is -2.17. The number of benzene rings is 6. The highest BCUT2D eigenvalue weighted by molar-refractivity contribution is 6.25. The van der Waals surface area contributed by atoms with E-state index in [9.17, 15) is 0 Å². The van der Waals surface area contributed by atoms with Crippen molar-refractivity contribution in [3.63, 3.8) is 0 Å². The van der Waals surface area contributed by atoms with Crippen molar-refractivity contribution in [1.29, 1.82) is 0 Å². The van der Waals surface area contributed by atoms with Gasteiger partial charge in [0.05, 0.1) is 0 Å². The van der Waals surface area contributed by atoms with Gasteiger partial charge in [-0.1, -0.05) is 60.7 Å². The average Bonchev–Trinajstić information content (AvgIpc) is 2.81. The predicted octanol–water partition coefficient (Wildman–Crippen LogP) is 9.89. The molecule has 0 aliphatic rings. The number of hydrogen-bond donors (Lipinski definition) is 0. The Morgan fingerprint density at radius 1 is 0.294 bits per heavy atom. The maximum Gasteiger partial charge on any atom is -0.00213 e. The molecular weight excluding hydrogens is 408 g/mol. The molecular formula is C34H34. The first-order valence-corrected chi connectivity index (χ1v) is 12.3. The van der Waals surface area contributed by atoms with Crippen molar-refractivity contribution < 1.29 is 0 Å². The zero-order valence-electron chi connectivity index (χ0n) is 21.8. The van der Waals surface area contributed by atoms with E-state index < -0.39 is 0 Å². The normalized spacial score (nSPS) is 11.5. The van der Waals surface area contributed by atoms with E-state index in [4.69, 9.17) is 0 Å². The maximum absolute atomic E-state index is 2.31. The van der Waals surface area contributed by atoms with Crippen LogP contribution < -0.4 is 0 Å². The van der Waals surface area contributed by atoms with Crippen LogP contribution in [0.15, 0.2) is 60.7 Å². The largest absolute Gasteiger partial charge is 0.0584 e. The van der Waals surface area contributed by atoms with Crippen LogP contribution in [0.3, 0.4) is 0 Å². The van der Waals surface area contributed by atoms with E-state index in [-0.39, 0.29) is 0 Å². The monoisotopic (exact) mass is 442 g/mol. The summed E-state index contributed by atoms with van der Waals surface area (Å²) in [5.74, 6) is 0. The fraction of sp³-hybridized carbons (Fsp3) is 0.235. The Balaban J connectivity index is 0.000000152. The third kappa shape index (κ3) is 3.36. The standard InChI is InChI=1S/C20H18.C14H16/c1-11-9-12(2)16-7-8-18-14(4)10-13(3)17-6-5-15(11)19(16)20(17)18;1-9-5-7-14-12(4)10(2)6-8-13(14)11(9)3/h5-10H,1-4H3;5-8H,1-4H3. The Morgan fingerprint density at radius 3 is 0.853 bits per heavy atom. The number of rotatable bonds is 0. The van der Waals surface area contributed by atoms with Crippen molar-refractivity contribution in [2.45, 2.75) is 55.4 Å². The van der Waals surface area contributed by atoms with Crippen molar-refractivity contribution in [3.05, 3.63) is 105 Å². The van der Waals surface area contributed by atoms with Crippen LogP contribution in [0, 0.1) is 55.4 Å². The third-order valence-electron chi connectivity index (χ3n) is 8.01. The first-order chi connectivity index (χ1) is 16.2. The molecule has 0 saturated carbocycles. The fourth-order valence-electron chi connectivity index (χ4n) is 5.70. The summed E-state index contributed by atoms with van der Waals surface area (Å²) in [5.41, 5.74) is 11.1. The molecule has 0 spiro atoms. The van der Waals surface area contributed by atoms with Crippen molar-refractivity contribution in [3.8, 4) is 0 Å². The Labute approximate surface area is 203 Å². The van der Waals surface area contributed by atoms with Gasteiger partial charge in [-0.3, -0.25) is 0 Å². The number of fused-ring (bicyclic) bond motifs is 1. The van der Waals surface area contributed by atoms with Gasteiger partial charge in [0.15, 0.2) is 0 Å². The molecule has 0 heteroatoms. The molecule has 170 valence electrons. The molecule has 0 saturated heterocycles. The van der Waals surface area contributed by atoms with Gasteiger partial charge in [0, 0.05) is 0 Å². The molecule has 0 amide bonds. The lowest BCUT2D eigenvalue weighted by molar-refractivity contribution is 1.34. The van der Waals surface area contributed by atoms with Crippen LogP contribution in [0.2, 0.25) is 0 Å². The summed E-state index contributed by atoms with van der Waals surface area (Å²) < 4.78 is 0. The van der Waals surface area contributed by atoms with E-state index in [1.54, 1.807) is 0 Å². The summed E-state index contributed by atoms with van der Waals surface area (Å²) in [4.78, 5) is 0. The van der Waals surface area contributed by atoms with Gasteiger partial charge in [0.1, 0.15) is 0 Å². The summed E-state index contributed by atoms with van der Waals surface area (Å²) in [6.45, 7) is 17.6. The Morgan fingerprint density at radius 2 is 0.559 bits per heavy atom. The third-order valence-corrected chi connectivity index (χ3v) is 8.01. The van der Waals surface area contributed by atoms with Gasteiger partial charge in [-0.2, -0.15) is 0 Å². The van der Waals surface area contributed by atoms with Crippen LogP contribution in [0.5, 0.6) is 0 Å². The molecule has 0 nitrogen and oxygen atoms in total. The minimum atomic E-state index is 1.38. The molecule has 6 aromatic rings. The quantitative estimate of drug-likeness (QED) is 0.205. The van der Waals surface area contributed by atoms with Gasteiger partial charge in [0.2, 0.25) is 0 Å². The SMILES string of the molecule is Cc1cc(C)c2ccc3c(C)cc(C)c4ccc1c2c43.Cc1ccc2c(C)c(C)ccc2c1C. The predicted molar refractivity (Wildman–Crippen MR) is 152 cm³/mol. The van der Waals surface area contributed by atoms with E-state index in [0.29, 0.717) is 0 Å². The summed E-state index contributed by atoms with van der Waals surface area (Å²) in [6.07, 6.45) is 0. The van der Waals surface area contributed by atoms with E-state index >= 15 is 0 Å². The van der Waals surface area contributed by atoms with Crippen molar-refractivity contribution in [2.75, 3.05) is 0 Å². The van der Waals surface area contributed by atoms with Crippen molar-refractivity contribution in [2.24, 2.45) is 0 Å². The average molecular weight is 443 g/mol. The first kappa shape index (κ1) is 22.4. The molecule has 6 aromatic carbocycles. The molecule has 0 fully saturated rings. The minimum Gasteiger partial charge on any atom is -0.0584 e. The lowest BCUT2D eigenvalue weighted by atomic mass is 9.87. The maximum atomic E-state index is 2.31. The molecule has 0 N–H and O–H groups in total. The summed E-state index contributed by atoms with van der Waals surface area (Å²) in [7, 11) is 0. The van der Waals surface area contributed by atoms with E-state index in [1.807, 2.05) is 0 Å². The molecule has 34 heavy (non-hydrogen) atoms. The molecule has 0 unspecified atom stereocenters. The van der Waals surface area contributed by atoms with Crippen molar-refractivity contribution >= 4 is 43.1 Å². The number of hydrogen-bond acceptors (Lipinski definition) is 0. The van der Waals surface area contributed by atoms with Gasteiger partial charge >= 0.3 is 0 Å². The highest BCUT2D eigenvalue weighted by atomic mass is 14.2. The van der Waals surface area contributed by atoms with Gasteiger partial charge in [-0.05, 0) is 143 Å². The molecule has 0 heterocycles. The highest BCUT2D eigenvalue weighted by Gasteiger charge is 2.13. The minimum absolute atomic E-state index is 1.38. The molecule has 6 rings (SSSR count). The molecule has 0 aliphatic heterocycles. The second-order valence-corrected chi connectivity index (χ2v) is 10.2. The summed E-state index contributed by atoms with van der Waals surface area (Å²) in [6, 6.07) is 22.7. The van der Waals surface area contributed by atoms with E-state index in [1.165, 1.54) is 87.6 Å². The topological polar surface area (TPSA) is 0 Å². The second-order valence-electron chi connectivity index (χ2n) is 10.2. The van der Waals surface area contributed by atoms with Crippen LogP contribution in [0.4, 0.5) is 0 Å². The zero-order chi connectivity index (χ0) is 24.3. The fourth-order valence-corrected chi connectivity index (χ4v) is 5.70. The van der Waals surface area contributed by atoms with E-state index in [2.05, 4.69) is 116 Å². The molecule has 0 aliphatic carbocycles. The van der Waals surface area contributed by atoms with Gasteiger partial charge < -0.3 is 0 Å². The van der Waals surface area contributed by atoms with Crippen LogP contribution in [0.25, 0.3) is 43.1 Å². The summed E-state index contributed by atoms with van der Waals surface area (Å²) >= 11 is 0. The second kappa shape index (κ2) is 8.13. The molecule has 0 bridgehead atoms. The van der Waals surface area contributed by atoms with E-state index in [0.717, 1.165) is 0 Å². The number of aryl methyl sites for hydroxylation is 8. The van der Waals surface area contributed by atoms with Crippen LogP contribution >= 0.6 is 0 Å². The smallest absolute Gasteiger partial charge is 0.00213 e. The molecule has 0 radical (unpaired) electrons. The van der Waals surface area contributed by atoms with Crippen molar-refractivity contribution in [1.82, 2.24) is 0 Å². The Kier molecular flexibility index (Phi) is 5.36. The van der Waals surface area contributed by atoms with Crippen LogP contribution in [-0.2, 0) is 0 Å². The highest BCUT2D eigenvalue weighted by Crippen LogP contribution is 2.39. The van der Waals surface area contributed by atoms with Crippen LogP contribution in [-0.4, -0.2) is 0 Å². The van der Waals surface area contributed by atoms with Gasteiger partial charge in [-0.25, -0.2) is 0 Å². The Hall–Kier alpha value is -3.38.